The van der Waals surface area contributed by atoms with Crippen molar-refractivity contribution in [1.29, 1.82) is 0 Å². The van der Waals surface area contributed by atoms with E-state index in [0.29, 0.717) is 4.57 Å². The molecule has 0 aliphatic carbocycles. The Morgan fingerprint density at radius 1 is 1.22 bits per heavy atom. The Morgan fingerprint density at radius 2 is 1.94 bits per heavy atom. The van der Waals surface area contributed by atoms with E-state index in [4.69, 9.17) is 15.9 Å². The summed E-state index contributed by atoms with van der Waals surface area (Å²) in [6, 6.07) is 8.72. The van der Waals surface area contributed by atoms with Gasteiger partial charge in [0.1, 0.15) is 24.9 Å². The van der Waals surface area contributed by atoms with Crippen molar-refractivity contribution in [2.45, 2.75) is 24.5 Å². The lowest BCUT2D eigenvalue weighted by atomic mass is 10.1. The molecule has 0 radical (unpaired) electrons. The van der Waals surface area contributed by atoms with Gasteiger partial charge >= 0.3 is 5.69 Å². The van der Waals surface area contributed by atoms with Crippen molar-refractivity contribution < 1.29 is 29.3 Å². The van der Waals surface area contributed by atoms with Gasteiger partial charge in [-0.05, 0) is 12.1 Å². The highest BCUT2D eigenvalue weighted by Gasteiger charge is 2.46. The first-order valence-corrected chi connectivity index (χ1v) is 9.59. The summed E-state index contributed by atoms with van der Waals surface area (Å²) in [5.74, 6) is 0.805. The molecule has 0 bridgehead atoms. The minimum absolute atomic E-state index is 0.0272. The van der Waals surface area contributed by atoms with E-state index in [1.54, 1.807) is 18.2 Å². The Kier molecular flexibility index (Phi) is 7.34. The fraction of sp³-hybridized carbons (Fsp3) is 0.333. The van der Waals surface area contributed by atoms with Crippen molar-refractivity contribution in [2.24, 2.45) is 0 Å². The molecular formula is C21H21N3O8. The predicted molar refractivity (Wildman–Crippen MR) is 110 cm³/mol. The molecule has 11 heteroatoms. The summed E-state index contributed by atoms with van der Waals surface area (Å²) in [6.07, 6.45) is 1.04. The highest BCUT2D eigenvalue weighted by Crippen LogP contribution is 2.30. The van der Waals surface area contributed by atoms with Crippen molar-refractivity contribution in [3.8, 4) is 12.3 Å². The van der Waals surface area contributed by atoms with Crippen LogP contribution in [-0.2, 0) is 14.3 Å². The molecule has 2 aromatic rings. The first-order valence-electron chi connectivity index (χ1n) is 9.59. The topological polar surface area (TPSA) is 149 Å². The van der Waals surface area contributed by atoms with Crippen LogP contribution in [0.1, 0.15) is 16.6 Å². The molecule has 1 aromatic heterocycles. The van der Waals surface area contributed by atoms with Crippen LogP contribution in [0.25, 0.3) is 0 Å². The highest BCUT2D eigenvalue weighted by molar-refractivity contribution is 5.95. The Balaban J connectivity index is 1.94. The number of aromatic nitrogens is 2. The third kappa shape index (κ3) is 4.68. The molecule has 1 saturated heterocycles. The van der Waals surface area contributed by atoms with Gasteiger partial charge in [-0.1, -0.05) is 24.1 Å². The van der Waals surface area contributed by atoms with Crippen molar-refractivity contribution in [1.82, 2.24) is 14.5 Å². The Labute approximate surface area is 181 Å². The molecule has 4 atom stereocenters. The van der Waals surface area contributed by atoms with Crippen molar-refractivity contribution >= 4 is 11.8 Å². The summed E-state index contributed by atoms with van der Waals surface area (Å²) in [4.78, 5) is 49.9. The Bertz CT molecular complexity index is 1130. The molecule has 32 heavy (non-hydrogen) atoms. The maximum absolute atomic E-state index is 13.0. The van der Waals surface area contributed by atoms with Gasteiger partial charge in [-0.25, -0.2) is 4.79 Å². The van der Waals surface area contributed by atoms with Gasteiger partial charge < -0.3 is 25.0 Å². The SMILES string of the molecule is C#CCNC(=O)COC1[C@@H](O)[C@@H](CO)O[C@H]1n1ccc(=O)n(C(=O)c2ccccc2)c1=O. The van der Waals surface area contributed by atoms with Crippen LogP contribution >= 0.6 is 0 Å². The third-order valence-corrected chi connectivity index (χ3v) is 4.80. The number of ether oxygens (including phenoxy) is 2. The second-order valence-electron chi connectivity index (χ2n) is 6.85. The summed E-state index contributed by atoms with van der Waals surface area (Å²) in [6.45, 7) is -1.14. The number of rotatable bonds is 7. The number of hydrogen-bond acceptors (Lipinski definition) is 8. The third-order valence-electron chi connectivity index (χ3n) is 4.80. The average Bonchev–Trinajstić information content (AvgIpc) is 3.11. The van der Waals surface area contributed by atoms with Gasteiger partial charge in [0.2, 0.25) is 5.91 Å². The van der Waals surface area contributed by atoms with Crippen LogP contribution in [0.4, 0.5) is 0 Å². The number of carbonyl (C=O) groups is 2. The van der Waals surface area contributed by atoms with Crippen LogP contribution in [0.5, 0.6) is 0 Å². The zero-order valence-corrected chi connectivity index (χ0v) is 16.8. The van der Waals surface area contributed by atoms with Gasteiger partial charge in [-0.15, -0.1) is 6.42 Å². The van der Waals surface area contributed by atoms with E-state index in [1.165, 1.54) is 12.1 Å². The molecule has 2 heterocycles. The summed E-state index contributed by atoms with van der Waals surface area (Å²) in [7, 11) is 0. The van der Waals surface area contributed by atoms with E-state index < -0.39 is 60.8 Å². The monoisotopic (exact) mass is 443 g/mol. The molecule has 3 N–H and O–H groups in total. The van der Waals surface area contributed by atoms with Crippen molar-refractivity contribution in [2.75, 3.05) is 19.8 Å². The second kappa shape index (κ2) is 10.2. The predicted octanol–water partition coefficient (Wildman–Crippen LogP) is -1.92. The van der Waals surface area contributed by atoms with Gasteiger partial charge in [0.25, 0.3) is 11.5 Å². The number of aliphatic hydroxyl groups excluding tert-OH is 2. The number of nitrogens with zero attached hydrogens (tertiary/aromatic N) is 2. The second-order valence-corrected chi connectivity index (χ2v) is 6.85. The molecular weight excluding hydrogens is 422 g/mol. The molecule has 0 spiro atoms. The summed E-state index contributed by atoms with van der Waals surface area (Å²) >= 11 is 0. The summed E-state index contributed by atoms with van der Waals surface area (Å²) in [5, 5.41) is 22.3. The zero-order valence-electron chi connectivity index (χ0n) is 16.8. The number of aliphatic hydroxyl groups is 2. The van der Waals surface area contributed by atoms with Gasteiger partial charge in [0.05, 0.1) is 13.2 Å². The van der Waals surface area contributed by atoms with E-state index in [2.05, 4.69) is 11.2 Å². The minimum atomic E-state index is -1.40. The number of carbonyl (C=O) groups excluding carboxylic acids is 2. The molecule has 1 fully saturated rings. The summed E-state index contributed by atoms with van der Waals surface area (Å²) < 4.78 is 12.3. The lowest BCUT2D eigenvalue weighted by Gasteiger charge is -2.22. The molecule has 11 nitrogen and oxygen atoms in total. The molecule has 1 amide bonds. The van der Waals surface area contributed by atoms with Crippen molar-refractivity contribution in [3.05, 3.63) is 69.0 Å². The molecule has 0 saturated carbocycles. The lowest BCUT2D eigenvalue weighted by molar-refractivity contribution is -0.132. The normalized spacial score (nSPS) is 22.3. The minimum Gasteiger partial charge on any atom is -0.394 e. The first kappa shape index (κ1) is 23.1. The molecule has 1 unspecified atom stereocenters. The van der Waals surface area contributed by atoms with Crippen LogP contribution in [0.3, 0.4) is 0 Å². The van der Waals surface area contributed by atoms with Crippen LogP contribution in [0, 0.1) is 12.3 Å². The lowest BCUT2D eigenvalue weighted by Crippen LogP contribution is -2.46. The fourth-order valence-corrected chi connectivity index (χ4v) is 3.23. The van der Waals surface area contributed by atoms with E-state index in [-0.39, 0.29) is 12.1 Å². The number of nitrogens with one attached hydrogen (secondary N) is 1. The first-order chi connectivity index (χ1) is 15.4. The van der Waals surface area contributed by atoms with E-state index >= 15 is 0 Å². The number of amides is 1. The van der Waals surface area contributed by atoms with Gasteiger partial charge in [-0.3, -0.25) is 19.0 Å². The number of benzene rings is 1. The zero-order chi connectivity index (χ0) is 23.3. The van der Waals surface area contributed by atoms with Crippen LogP contribution in [0.15, 0.2) is 52.2 Å². The molecule has 1 aliphatic heterocycles. The average molecular weight is 443 g/mol. The van der Waals surface area contributed by atoms with Gasteiger partial charge in [0, 0.05) is 17.8 Å². The highest BCUT2D eigenvalue weighted by atomic mass is 16.6. The fourth-order valence-electron chi connectivity index (χ4n) is 3.23. The smallest absolute Gasteiger partial charge is 0.340 e. The molecule has 168 valence electrons. The van der Waals surface area contributed by atoms with Crippen LogP contribution < -0.4 is 16.6 Å². The van der Waals surface area contributed by atoms with E-state index in [0.717, 1.165) is 16.8 Å². The maximum atomic E-state index is 13.0. The largest absolute Gasteiger partial charge is 0.394 e. The molecule has 1 aromatic carbocycles. The molecule has 3 rings (SSSR count). The Morgan fingerprint density at radius 3 is 2.59 bits per heavy atom. The Hall–Kier alpha value is -3.56. The molecule has 1 aliphatic rings. The van der Waals surface area contributed by atoms with Gasteiger partial charge in [-0.2, -0.15) is 4.57 Å². The van der Waals surface area contributed by atoms with Crippen molar-refractivity contribution in [3.63, 3.8) is 0 Å². The van der Waals surface area contributed by atoms with E-state index in [9.17, 15) is 29.4 Å². The van der Waals surface area contributed by atoms with Crippen LogP contribution in [-0.4, -0.2) is 69.2 Å². The number of terminal acetylenes is 1. The maximum Gasteiger partial charge on any atom is 0.340 e. The quantitative estimate of drug-likeness (QED) is 0.420. The van der Waals surface area contributed by atoms with Crippen LogP contribution in [0.2, 0.25) is 0 Å². The summed E-state index contributed by atoms with van der Waals surface area (Å²) in [5.41, 5.74) is -1.78. The van der Waals surface area contributed by atoms with Gasteiger partial charge in [0.15, 0.2) is 6.23 Å². The van der Waals surface area contributed by atoms with E-state index in [1.807, 2.05) is 0 Å². The standard InChI is InChI=1S/C21H21N3O8/c1-2-9-22-15(26)12-31-18-17(28)14(11-25)32-20(18)23-10-8-16(27)24(21(23)30)19(29)13-6-4-3-5-7-13/h1,3-8,10,14,17-18,20,25,28H,9,11-12H2,(H,22,26)/t14-,17+,18?,20-/m1/s1. The number of hydrogen-bond donors (Lipinski definition) is 3.